The van der Waals surface area contributed by atoms with Gasteiger partial charge in [-0.2, -0.15) is 0 Å². The number of carbonyl (C=O) groups is 2. The van der Waals surface area contributed by atoms with Gasteiger partial charge in [0.2, 0.25) is 0 Å². The Labute approximate surface area is 209 Å². The first kappa shape index (κ1) is 23.2. The fourth-order valence-electron chi connectivity index (χ4n) is 4.69. The Balaban J connectivity index is 1.49. The molecule has 3 aromatic rings. The van der Waals surface area contributed by atoms with Gasteiger partial charge in [-0.15, -0.1) is 0 Å². The van der Waals surface area contributed by atoms with Crippen LogP contribution in [-0.2, 0) is 9.53 Å². The maximum absolute atomic E-state index is 13.2. The van der Waals surface area contributed by atoms with E-state index < -0.39 is 0 Å². The van der Waals surface area contributed by atoms with Crippen molar-refractivity contribution in [2.24, 2.45) is 4.99 Å². The highest BCUT2D eigenvalue weighted by molar-refractivity contribution is 8.13. The molecule has 1 saturated heterocycles. The summed E-state index contributed by atoms with van der Waals surface area (Å²) in [5, 5.41) is 5.91. The summed E-state index contributed by atoms with van der Waals surface area (Å²) < 4.78 is 5.41. The quantitative estimate of drug-likeness (QED) is 0.464. The smallest absolute Gasteiger partial charge is 0.338 e. The summed E-state index contributed by atoms with van der Waals surface area (Å²) in [5.41, 5.74) is 3.44. The minimum atomic E-state index is -0.349. The molecule has 5 rings (SSSR count). The number of hydrogen-bond acceptors (Lipinski definition) is 6. The molecule has 2 aliphatic rings. The second-order valence-electron chi connectivity index (χ2n) is 8.52. The maximum Gasteiger partial charge on any atom is 0.338 e. The molecular weight excluding hydrogens is 458 g/mol. The van der Waals surface area contributed by atoms with E-state index in [1.807, 2.05) is 73.7 Å². The number of fused-ring (bicyclic) bond motifs is 2. The normalized spacial score (nSPS) is 17.6. The second kappa shape index (κ2) is 9.96. The Morgan fingerprint density at radius 3 is 2.77 bits per heavy atom. The molecular formula is C28H27N3O3S. The summed E-state index contributed by atoms with van der Waals surface area (Å²) >= 11 is 1.71. The number of benzene rings is 3. The zero-order valence-corrected chi connectivity index (χ0v) is 20.6. The number of allylic oxidation sites excluding steroid dienone is 1. The molecule has 0 aliphatic carbocycles. The minimum absolute atomic E-state index is 0.171. The molecule has 6 nitrogen and oxygen atoms in total. The Morgan fingerprint density at radius 2 is 1.91 bits per heavy atom. The molecule has 3 aromatic carbocycles. The van der Waals surface area contributed by atoms with Crippen molar-refractivity contribution in [3.63, 3.8) is 0 Å². The third-order valence-electron chi connectivity index (χ3n) is 6.25. The number of anilines is 1. The second-order valence-corrected chi connectivity index (χ2v) is 9.58. The van der Waals surface area contributed by atoms with Crippen LogP contribution in [0.5, 0.6) is 0 Å². The first-order valence-electron chi connectivity index (χ1n) is 11.8. The molecule has 0 bridgehead atoms. The number of thioether (sulfide) groups is 1. The molecule has 7 heteroatoms. The van der Waals surface area contributed by atoms with Gasteiger partial charge in [0.25, 0.3) is 5.91 Å². The molecule has 0 aromatic heterocycles. The molecule has 1 fully saturated rings. The van der Waals surface area contributed by atoms with Crippen molar-refractivity contribution in [2.45, 2.75) is 26.3 Å². The molecule has 1 amide bonds. The van der Waals surface area contributed by atoms with Crippen molar-refractivity contribution in [1.82, 2.24) is 4.90 Å². The van der Waals surface area contributed by atoms with E-state index in [2.05, 4.69) is 10.2 Å². The largest absolute Gasteiger partial charge is 0.463 e. The molecule has 0 unspecified atom stereocenters. The monoisotopic (exact) mass is 485 g/mol. The Hall–Kier alpha value is -3.58. The third kappa shape index (κ3) is 4.56. The molecule has 35 heavy (non-hydrogen) atoms. The van der Waals surface area contributed by atoms with E-state index >= 15 is 0 Å². The van der Waals surface area contributed by atoms with Crippen LogP contribution >= 0.6 is 11.8 Å². The number of ether oxygens (including phenoxy) is 1. The fourth-order valence-corrected chi connectivity index (χ4v) is 5.71. The van der Waals surface area contributed by atoms with Crippen molar-refractivity contribution in [1.29, 1.82) is 0 Å². The average Bonchev–Trinajstić information content (AvgIpc) is 2.87. The lowest BCUT2D eigenvalue weighted by Gasteiger charge is -2.40. The third-order valence-corrected chi connectivity index (χ3v) is 7.33. The summed E-state index contributed by atoms with van der Waals surface area (Å²) in [7, 11) is 0. The van der Waals surface area contributed by atoms with Crippen LogP contribution in [0.1, 0.15) is 42.2 Å². The van der Waals surface area contributed by atoms with E-state index in [0.29, 0.717) is 29.1 Å². The molecule has 2 aliphatic heterocycles. The number of nitrogens with zero attached hydrogens (tertiary/aromatic N) is 2. The van der Waals surface area contributed by atoms with E-state index in [1.165, 1.54) is 0 Å². The van der Waals surface area contributed by atoms with Crippen molar-refractivity contribution >= 4 is 45.3 Å². The van der Waals surface area contributed by atoms with Crippen LogP contribution in [0.15, 0.2) is 83.0 Å². The molecule has 0 radical (unpaired) electrons. The van der Waals surface area contributed by atoms with E-state index in [4.69, 9.17) is 9.73 Å². The van der Waals surface area contributed by atoms with Gasteiger partial charge in [-0.25, -0.2) is 9.79 Å². The predicted octanol–water partition coefficient (Wildman–Crippen LogP) is 5.78. The molecule has 0 spiro atoms. The van der Waals surface area contributed by atoms with Crippen LogP contribution in [0.3, 0.4) is 0 Å². The van der Waals surface area contributed by atoms with Gasteiger partial charge in [0.1, 0.15) is 0 Å². The van der Waals surface area contributed by atoms with Crippen LogP contribution < -0.4 is 5.32 Å². The lowest BCUT2D eigenvalue weighted by atomic mass is 9.94. The van der Waals surface area contributed by atoms with Gasteiger partial charge >= 0.3 is 5.97 Å². The van der Waals surface area contributed by atoms with Crippen LogP contribution in [0.2, 0.25) is 0 Å². The lowest BCUT2D eigenvalue weighted by molar-refractivity contribution is -0.139. The number of nitrogens with one attached hydrogen (secondary N) is 1. The van der Waals surface area contributed by atoms with E-state index in [-0.39, 0.29) is 17.9 Å². The number of esters is 1. The summed E-state index contributed by atoms with van der Waals surface area (Å²) in [5.74, 6) is 0.486. The number of aliphatic imine (C=N–C) groups is 1. The zero-order chi connectivity index (χ0) is 24.4. The summed E-state index contributed by atoms with van der Waals surface area (Å²) in [6.07, 6.45) is 1.01. The van der Waals surface area contributed by atoms with Gasteiger partial charge in [0.05, 0.1) is 23.9 Å². The molecule has 0 saturated carbocycles. The van der Waals surface area contributed by atoms with Gasteiger partial charge in [-0.1, -0.05) is 60.3 Å². The fraction of sp³-hybridized carbons (Fsp3) is 0.250. The number of amidine groups is 1. The number of carbonyl (C=O) groups excluding carboxylic acids is 2. The molecule has 2 heterocycles. The van der Waals surface area contributed by atoms with E-state index in [9.17, 15) is 9.59 Å². The van der Waals surface area contributed by atoms with Crippen molar-refractivity contribution in [3.8, 4) is 0 Å². The molecule has 1 atom stereocenters. The highest BCUT2D eigenvalue weighted by Gasteiger charge is 2.38. The Kier molecular flexibility index (Phi) is 6.59. The summed E-state index contributed by atoms with van der Waals surface area (Å²) in [6.45, 7) is 4.78. The van der Waals surface area contributed by atoms with Gasteiger partial charge in [0, 0.05) is 23.5 Å². The van der Waals surface area contributed by atoms with Crippen molar-refractivity contribution in [2.75, 3.05) is 24.2 Å². The van der Waals surface area contributed by atoms with Crippen LogP contribution in [0.4, 0.5) is 5.69 Å². The first-order chi connectivity index (χ1) is 17.1. The molecule has 1 N–H and O–H groups in total. The van der Waals surface area contributed by atoms with Crippen molar-refractivity contribution < 1.29 is 14.3 Å². The molecule has 178 valence electrons. The Bertz CT molecular complexity index is 1360. The number of hydrogen-bond donors (Lipinski definition) is 1. The standard InChI is InChI=1S/C28H27N3O3S/c1-3-34-27(33)24-18(2)29-28-31(15-8-16-35-28)25(24)20-11-6-12-21(17-20)30-26(32)23-14-7-10-19-9-4-5-13-22(19)23/h4-7,9-14,17,25H,3,8,15-16H2,1-2H3,(H,30,32)/t25-/m1/s1. The lowest BCUT2D eigenvalue weighted by Crippen LogP contribution is -2.42. The zero-order valence-electron chi connectivity index (χ0n) is 19.8. The number of amides is 1. The minimum Gasteiger partial charge on any atom is -0.463 e. The predicted molar refractivity (Wildman–Crippen MR) is 142 cm³/mol. The summed E-state index contributed by atoms with van der Waals surface area (Å²) in [6, 6.07) is 21.0. The Morgan fingerprint density at radius 1 is 1.11 bits per heavy atom. The van der Waals surface area contributed by atoms with Crippen LogP contribution in [0.25, 0.3) is 10.8 Å². The van der Waals surface area contributed by atoms with Gasteiger partial charge < -0.3 is 15.0 Å². The van der Waals surface area contributed by atoms with Crippen LogP contribution in [0, 0.1) is 0 Å². The maximum atomic E-state index is 13.2. The highest BCUT2D eigenvalue weighted by atomic mass is 32.2. The average molecular weight is 486 g/mol. The van der Waals surface area contributed by atoms with Crippen molar-refractivity contribution in [3.05, 3.63) is 89.1 Å². The highest BCUT2D eigenvalue weighted by Crippen LogP contribution is 2.40. The first-order valence-corrected chi connectivity index (χ1v) is 12.8. The van der Waals surface area contributed by atoms with Gasteiger partial charge in [-0.05, 0) is 54.8 Å². The SMILES string of the molecule is CCOC(=O)C1=C(C)N=C2SCCCN2[C@@H]1c1cccc(NC(=O)c2cccc3ccccc23)c1. The summed E-state index contributed by atoms with van der Waals surface area (Å²) in [4.78, 5) is 33.1. The van der Waals surface area contributed by atoms with E-state index in [0.717, 1.165) is 40.2 Å². The topological polar surface area (TPSA) is 71.0 Å². The van der Waals surface area contributed by atoms with E-state index in [1.54, 1.807) is 18.7 Å². The van der Waals surface area contributed by atoms with Gasteiger partial charge in [0.15, 0.2) is 5.17 Å². The van der Waals surface area contributed by atoms with Gasteiger partial charge in [-0.3, -0.25) is 4.79 Å². The number of rotatable bonds is 5. The van der Waals surface area contributed by atoms with Crippen LogP contribution in [-0.4, -0.2) is 40.8 Å².